The molecule has 41 valence electrons. The molecule has 0 atom stereocenters. The van der Waals surface area contributed by atoms with E-state index in [0.717, 1.165) is 0 Å². The topological polar surface area (TPSA) is 0 Å². The van der Waals surface area contributed by atoms with Crippen LogP contribution in [0.4, 0.5) is 0 Å². The Hall–Kier alpha value is 0.925. The van der Waals surface area contributed by atoms with Gasteiger partial charge in [-0.15, -0.1) is 0 Å². The van der Waals surface area contributed by atoms with E-state index >= 15 is 0 Å². The van der Waals surface area contributed by atoms with E-state index in [1.54, 1.807) is 0 Å². The molecule has 3 heteroatoms. The van der Waals surface area contributed by atoms with Crippen LogP contribution in [0.3, 0.4) is 0 Å². The second kappa shape index (κ2) is 2.47. The quantitative estimate of drug-likeness (QED) is 0.379. The summed E-state index contributed by atoms with van der Waals surface area (Å²) in [6.07, 6.45) is -0.923. The maximum absolute atomic E-state index is 5.82. The molecular weight excluding hydrogens is 121 g/mol. The molecule has 0 amide bonds. The molecule has 0 bridgehead atoms. The fourth-order valence-corrected chi connectivity index (χ4v) is 0. The van der Waals surface area contributed by atoms with Crippen LogP contribution >= 0.6 is 14.1 Å². The van der Waals surface area contributed by atoms with Gasteiger partial charge in [-0.05, 0) is 0 Å². The summed E-state index contributed by atoms with van der Waals surface area (Å²) in [5.74, 6) is 0. The monoisotopic (exact) mass is 133 g/mol. The average molecular weight is 133 g/mol. The minimum atomic E-state index is -0.923. The van der Waals surface area contributed by atoms with Crippen molar-refractivity contribution in [3.8, 4) is 0 Å². The van der Waals surface area contributed by atoms with E-state index in [4.69, 9.17) is 7.18 Å². The molecule has 0 aliphatic rings. The third kappa shape index (κ3) is 3.50. The molecule has 0 spiro atoms. The van der Waals surface area contributed by atoms with E-state index in [2.05, 4.69) is 26.7 Å². The van der Waals surface area contributed by atoms with Gasteiger partial charge in [0.2, 0.25) is 0 Å². The summed E-state index contributed by atoms with van der Waals surface area (Å²) in [6, 6.07) is 0. The van der Waals surface area contributed by atoms with Gasteiger partial charge in [-0.25, -0.2) is 0 Å². The number of hydrogen-bond donors (Lipinski definition) is 0. The van der Waals surface area contributed by atoms with Gasteiger partial charge in [0.05, 0.1) is 0 Å². The van der Waals surface area contributed by atoms with E-state index in [0.29, 0.717) is 0 Å². The standard InChI is InChI=1S/C4H12BP2/c1-6(2)7(3,4)5/h1-4H3. The van der Waals surface area contributed by atoms with Crippen LogP contribution in [0.5, 0.6) is 0 Å². The number of hydrogen-bond acceptors (Lipinski definition) is 0. The van der Waals surface area contributed by atoms with Crippen molar-refractivity contribution < 1.29 is 0 Å². The van der Waals surface area contributed by atoms with E-state index < -0.39 is 6.44 Å². The van der Waals surface area contributed by atoms with Gasteiger partial charge in [-0.1, -0.05) is 0 Å². The Balaban J connectivity index is 3.80. The molecule has 0 fully saturated rings. The van der Waals surface area contributed by atoms with Crippen molar-refractivity contribution in [3.05, 3.63) is 0 Å². The zero-order valence-corrected chi connectivity index (χ0v) is 7.26. The molecule has 1 radical (unpaired) electrons. The van der Waals surface area contributed by atoms with Crippen LogP contribution in [0.15, 0.2) is 0 Å². The Morgan fingerprint density at radius 3 is 1.43 bits per heavy atom. The summed E-state index contributed by atoms with van der Waals surface area (Å²) < 4.78 is 0. The minimum absolute atomic E-state index is 0.147. The summed E-state index contributed by atoms with van der Waals surface area (Å²) in [7, 11) is 5.97. The molecule has 0 nitrogen and oxygen atoms in total. The van der Waals surface area contributed by atoms with Crippen LogP contribution in [0, 0.1) is 0 Å². The van der Waals surface area contributed by atoms with E-state index in [9.17, 15) is 0 Å². The zero-order valence-electron chi connectivity index (χ0n) is 5.47. The predicted octanol–water partition coefficient (Wildman–Crippen LogP) is 2.00. The summed E-state index contributed by atoms with van der Waals surface area (Å²) in [5, 5.41) is 0. The average Bonchev–Trinajstić information content (AvgIpc) is 1.31. The third-order valence-corrected chi connectivity index (χ3v) is 9.28. The van der Waals surface area contributed by atoms with Crippen LogP contribution in [-0.4, -0.2) is 33.8 Å². The molecule has 0 unspecified atom stereocenters. The Morgan fingerprint density at radius 1 is 1.29 bits per heavy atom. The van der Waals surface area contributed by atoms with E-state index in [-0.39, 0.29) is 7.61 Å². The second-order valence-corrected chi connectivity index (χ2v) is 12.5. The molecule has 0 aromatic rings. The molecule has 0 heterocycles. The maximum atomic E-state index is 5.82. The predicted molar refractivity (Wildman–Crippen MR) is 43.3 cm³/mol. The summed E-state index contributed by atoms with van der Waals surface area (Å²) in [4.78, 5) is 0. The fourth-order valence-electron chi connectivity index (χ4n) is 0. The van der Waals surface area contributed by atoms with Crippen molar-refractivity contribution >= 4 is 21.2 Å². The molecule has 7 heavy (non-hydrogen) atoms. The Labute approximate surface area is 48.7 Å². The van der Waals surface area contributed by atoms with Gasteiger partial charge in [0.25, 0.3) is 0 Å². The van der Waals surface area contributed by atoms with Gasteiger partial charge in [0, 0.05) is 0 Å². The van der Waals surface area contributed by atoms with Crippen molar-refractivity contribution in [3.63, 3.8) is 0 Å². The first-order chi connectivity index (χ1) is 2.94. The van der Waals surface area contributed by atoms with E-state index in [1.165, 1.54) is 0 Å². The SMILES string of the molecule is [B]=P(C)(C)P(C)C. The molecule has 0 saturated heterocycles. The first-order valence-electron chi connectivity index (χ1n) is 2.25. The second-order valence-electron chi connectivity index (χ2n) is 2.33. The molecule has 0 aliphatic carbocycles. The fraction of sp³-hybridized carbons (Fsp3) is 1.00. The Morgan fingerprint density at radius 2 is 1.43 bits per heavy atom. The Kier molecular flexibility index (Phi) is 2.79. The molecule has 0 aliphatic heterocycles. The Bertz CT molecular complexity index is 91.9. The summed E-state index contributed by atoms with van der Waals surface area (Å²) >= 11 is 0. The molecule has 0 aromatic carbocycles. The van der Waals surface area contributed by atoms with Crippen LogP contribution in [-0.2, 0) is 0 Å². The summed E-state index contributed by atoms with van der Waals surface area (Å²) in [5.41, 5.74) is 0. The zero-order chi connectivity index (χ0) is 6.08. The van der Waals surface area contributed by atoms with Gasteiger partial charge in [0.15, 0.2) is 0 Å². The van der Waals surface area contributed by atoms with Crippen molar-refractivity contribution in [2.24, 2.45) is 0 Å². The molecule has 0 aromatic heterocycles. The number of rotatable bonds is 1. The normalized spacial score (nSPS) is 12.6. The molecular formula is C4H12BP2. The van der Waals surface area contributed by atoms with Crippen molar-refractivity contribution in [1.82, 2.24) is 0 Å². The van der Waals surface area contributed by atoms with Crippen LogP contribution in [0.2, 0.25) is 0 Å². The van der Waals surface area contributed by atoms with Crippen molar-refractivity contribution in [1.29, 1.82) is 0 Å². The molecule has 0 rings (SSSR count). The van der Waals surface area contributed by atoms with Gasteiger partial charge in [-0.2, -0.15) is 0 Å². The van der Waals surface area contributed by atoms with Gasteiger partial charge in [-0.3, -0.25) is 0 Å². The van der Waals surface area contributed by atoms with Crippen molar-refractivity contribution in [2.75, 3.05) is 26.7 Å². The third-order valence-electron chi connectivity index (χ3n) is 1.03. The van der Waals surface area contributed by atoms with Gasteiger partial charge >= 0.3 is 47.9 Å². The first-order valence-corrected chi connectivity index (χ1v) is 7.94. The van der Waals surface area contributed by atoms with Gasteiger partial charge < -0.3 is 0 Å². The summed E-state index contributed by atoms with van der Waals surface area (Å²) in [6.45, 7) is 8.84. The van der Waals surface area contributed by atoms with Crippen LogP contribution in [0.1, 0.15) is 0 Å². The molecule has 0 saturated carbocycles. The van der Waals surface area contributed by atoms with Crippen molar-refractivity contribution in [2.45, 2.75) is 0 Å². The van der Waals surface area contributed by atoms with E-state index in [1.807, 2.05) is 0 Å². The van der Waals surface area contributed by atoms with Crippen LogP contribution < -0.4 is 0 Å². The van der Waals surface area contributed by atoms with Gasteiger partial charge in [0.1, 0.15) is 0 Å². The molecule has 0 N–H and O–H groups in total. The first kappa shape index (κ1) is 7.92. The van der Waals surface area contributed by atoms with Crippen LogP contribution in [0.25, 0.3) is 0 Å².